The Kier molecular flexibility index (Phi) is 2.91. The highest BCUT2D eigenvalue weighted by Gasteiger charge is 2.26. The second kappa shape index (κ2) is 4.01. The van der Waals surface area contributed by atoms with Gasteiger partial charge < -0.3 is 10.4 Å². The second-order valence-corrected chi connectivity index (χ2v) is 4.64. The predicted octanol–water partition coefficient (Wildman–Crippen LogP) is 2.02. The van der Waals surface area contributed by atoms with Crippen molar-refractivity contribution >= 4 is 15.9 Å². The lowest BCUT2D eigenvalue weighted by atomic mass is 9.86. The lowest BCUT2D eigenvalue weighted by molar-refractivity contribution is 0.119. The molecule has 0 spiro atoms. The molecule has 1 aliphatic carbocycles. The Hall–Kier alpha value is -0.380. The van der Waals surface area contributed by atoms with E-state index in [4.69, 9.17) is 0 Å². The van der Waals surface area contributed by atoms with E-state index < -0.39 is 0 Å². The number of aliphatic hydroxyl groups excluding tert-OH is 1. The van der Waals surface area contributed by atoms with E-state index in [2.05, 4.69) is 27.3 Å². The number of fused-ring (bicyclic) bond motifs is 1. The molecule has 0 heterocycles. The molecule has 0 radical (unpaired) electrons. The van der Waals surface area contributed by atoms with Crippen molar-refractivity contribution in [3.05, 3.63) is 33.8 Å². The molecule has 2 atom stereocenters. The van der Waals surface area contributed by atoms with Crippen molar-refractivity contribution in [1.29, 1.82) is 0 Å². The topological polar surface area (TPSA) is 32.3 Å². The number of nitrogens with one attached hydrogen (secondary N) is 1. The Balaban J connectivity index is 2.36. The first kappa shape index (κ1) is 10.1. The van der Waals surface area contributed by atoms with E-state index >= 15 is 0 Å². The summed E-state index contributed by atoms with van der Waals surface area (Å²) in [5, 5.41) is 13.2. The monoisotopic (exact) mass is 255 g/mol. The summed E-state index contributed by atoms with van der Waals surface area (Å²) in [6.45, 7) is 0. The van der Waals surface area contributed by atoms with Crippen LogP contribution in [0.5, 0.6) is 0 Å². The van der Waals surface area contributed by atoms with Crippen LogP contribution < -0.4 is 5.32 Å². The third-order valence-corrected chi connectivity index (χ3v) is 3.39. The van der Waals surface area contributed by atoms with Gasteiger partial charge in [0, 0.05) is 10.5 Å². The van der Waals surface area contributed by atoms with Crippen LogP contribution in [-0.2, 0) is 6.42 Å². The fraction of sp³-hybridized carbons (Fsp3) is 0.455. The molecule has 2 rings (SSSR count). The van der Waals surface area contributed by atoms with Crippen LogP contribution in [-0.4, -0.2) is 18.2 Å². The van der Waals surface area contributed by atoms with Gasteiger partial charge in [0.15, 0.2) is 0 Å². The van der Waals surface area contributed by atoms with E-state index in [1.165, 1.54) is 5.56 Å². The van der Waals surface area contributed by atoms with Crippen molar-refractivity contribution in [2.75, 3.05) is 7.05 Å². The Bertz CT molecular complexity index is 340. The lowest BCUT2D eigenvalue weighted by Crippen LogP contribution is -2.35. The molecule has 76 valence electrons. The van der Waals surface area contributed by atoms with E-state index in [0.29, 0.717) is 0 Å². The first-order chi connectivity index (χ1) is 6.72. The molecule has 3 heteroatoms. The van der Waals surface area contributed by atoms with Crippen molar-refractivity contribution in [3.63, 3.8) is 0 Å². The van der Waals surface area contributed by atoms with Crippen LogP contribution in [0.15, 0.2) is 22.7 Å². The van der Waals surface area contributed by atoms with Crippen molar-refractivity contribution in [2.45, 2.75) is 25.0 Å². The molecule has 0 fully saturated rings. The molecule has 2 nitrogen and oxygen atoms in total. The zero-order chi connectivity index (χ0) is 10.1. The van der Waals surface area contributed by atoms with Crippen LogP contribution in [0.2, 0.25) is 0 Å². The standard InChI is InChI=1S/C11H14BrNO/c1-13-10-5-2-7-6-8(12)3-4-9(7)11(10)14/h3-4,6,10-11,13-14H,2,5H2,1H3. The molecule has 0 aliphatic heterocycles. The van der Waals surface area contributed by atoms with E-state index in [0.717, 1.165) is 22.9 Å². The number of aliphatic hydroxyl groups is 1. The number of halogens is 1. The van der Waals surface area contributed by atoms with Gasteiger partial charge in [-0.15, -0.1) is 0 Å². The molecule has 0 saturated heterocycles. The van der Waals surface area contributed by atoms with Gasteiger partial charge in [0.05, 0.1) is 6.10 Å². The second-order valence-electron chi connectivity index (χ2n) is 3.72. The zero-order valence-corrected chi connectivity index (χ0v) is 9.71. The number of benzene rings is 1. The minimum absolute atomic E-state index is 0.198. The zero-order valence-electron chi connectivity index (χ0n) is 8.13. The molecule has 0 saturated carbocycles. The smallest absolute Gasteiger partial charge is 0.0945 e. The molecule has 1 aromatic carbocycles. The molecule has 1 aliphatic rings. The van der Waals surface area contributed by atoms with Crippen LogP contribution in [0.4, 0.5) is 0 Å². The van der Waals surface area contributed by atoms with Crippen LogP contribution in [0.25, 0.3) is 0 Å². The Morgan fingerprint density at radius 3 is 3.00 bits per heavy atom. The van der Waals surface area contributed by atoms with Crippen LogP contribution >= 0.6 is 15.9 Å². The van der Waals surface area contributed by atoms with Crippen LogP contribution in [0.1, 0.15) is 23.7 Å². The summed E-state index contributed by atoms with van der Waals surface area (Å²) in [5.41, 5.74) is 2.33. The molecular formula is C11H14BrNO. The number of likely N-dealkylation sites (N-methyl/N-ethyl adjacent to an activating group) is 1. The summed E-state index contributed by atoms with van der Waals surface area (Å²) < 4.78 is 1.09. The molecule has 14 heavy (non-hydrogen) atoms. The summed E-state index contributed by atoms with van der Waals surface area (Å²) in [6.07, 6.45) is 1.68. The first-order valence-corrected chi connectivity index (χ1v) is 5.65. The maximum absolute atomic E-state index is 10.0. The van der Waals surface area contributed by atoms with E-state index in [-0.39, 0.29) is 12.1 Å². The number of rotatable bonds is 1. The Labute approximate surface area is 92.5 Å². The van der Waals surface area contributed by atoms with Gasteiger partial charge in [0.1, 0.15) is 0 Å². The molecule has 2 unspecified atom stereocenters. The van der Waals surface area contributed by atoms with Crippen molar-refractivity contribution in [1.82, 2.24) is 5.32 Å². The molecule has 1 aromatic rings. The number of aryl methyl sites for hydroxylation is 1. The maximum atomic E-state index is 10.0. The highest BCUT2D eigenvalue weighted by molar-refractivity contribution is 9.10. The fourth-order valence-electron chi connectivity index (χ4n) is 2.07. The summed E-state index contributed by atoms with van der Waals surface area (Å²) in [6, 6.07) is 6.29. The molecule has 0 amide bonds. The van der Waals surface area contributed by atoms with Gasteiger partial charge in [-0.1, -0.05) is 22.0 Å². The normalized spacial score (nSPS) is 25.9. The third-order valence-electron chi connectivity index (χ3n) is 2.90. The van der Waals surface area contributed by atoms with Crippen molar-refractivity contribution in [2.24, 2.45) is 0 Å². The molecule has 0 bridgehead atoms. The number of hydrogen-bond acceptors (Lipinski definition) is 2. The highest BCUT2D eigenvalue weighted by Crippen LogP contribution is 2.31. The summed E-state index contributed by atoms with van der Waals surface area (Å²) in [4.78, 5) is 0. The quantitative estimate of drug-likeness (QED) is 0.805. The van der Waals surface area contributed by atoms with Crippen molar-refractivity contribution in [3.8, 4) is 0 Å². The fourth-order valence-corrected chi connectivity index (χ4v) is 2.48. The molecule has 0 aromatic heterocycles. The highest BCUT2D eigenvalue weighted by atomic mass is 79.9. The lowest BCUT2D eigenvalue weighted by Gasteiger charge is -2.29. The Morgan fingerprint density at radius 1 is 1.50 bits per heavy atom. The predicted molar refractivity (Wildman–Crippen MR) is 60.3 cm³/mol. The van der Waals surface area contributed by atoms with Gasteiger partial charge in [-0.25, -0.2) is 0 Å². The van der Waals surface area contributed by atoms with Gasteiger partial charge in [-0.05, 0) is 43.1 Å². The summed E-state index contributed by atoms with van der Waals surface area (Å²) in [7, 11) is 1.90. The van der Waals surface area contributed by atoms with Crippen LogP contribution in [0.3, 0.4) is 0 Å². The van der Waals surface area contributed by atoms with E-state index in [1.807, 2.05) is 19.2 Å². The van der Waals surface area contributed by atoms with Gasteiger partial charge in [0.2, 0.25) is 0 Å². The average Bonchev–Trinajstić information content (AvgIpc) is 2.18. The SMILES string of the molecule is CNC1CCc2cc(Br)ccc2C1O. The summed E-state index contributed by atoms with van der Waals surface area (Å²) in [5.74, 6) is 0. The van der Waals surface area contributed by atoms with Crippen LogP contribution in [0, 0.1) is 0 Å². The van der Waals surface area contributed by atoms with Crippen molar-refractivity contribution < 1.29 is 5.11 Å². The maximum Gasteiger partial charge on any atom is 0.0945 e. The minimum Gasteiger partial charge on any atom is -0.387 e. The first-order valence-electron chi connectivity index (χ1n) is 4.86. The molecule has 2 N–H and O–H groups in total. The van der Waals surface area contributed by atoms with Gasteiger partial charge in [-0.2, -0.15) is 0 Å². The largest absolute Gasteiger partial charge is 0.387 e. The minimum atomic E-state index is -0.364. The summed E-state index contributed by atoms with van der Waals surface area (Å²) >= 11 is 3.45. The van der Waals surface area contributed by atoms with Gasteiger partial charge in [0.25, 0.3) is 0 Å². The Morgan fingerprint density at radius 2 is 2.29 bits per heavy atom. The van der Waals surface area contributed by atoms with E-state index in [9.17, 15) is 5.11 Å². The van der Waals surface area contributed by atoms with Gasteiger partial charge >= 0.3 is 0 Å². The molecular weight excluding hydrogens is 242 g/mol. The average molecular weight is 256 g/mol. The third kappa shape index (κ3) is 1.72. The van der Waals surface area contributed by atoms with Gasteiger partial charge in [-0.3, -0.25) is 0 Å². The number of hydrogen-bond donors (Lipinski definition) is 2. The van der Waals surface area contributed by atoms with E-state index in [1.54, 1.807) is 0 Å².